The van der Waals surface area contributed by atoms with E-state index in [1.807, 2.05) is 67.6 Å². The minimum absolute atomic E-state index is 0.652. The summed E-state index contributed by atoms with van der Waals surface area (Å²) >= 11 is 3.49. The Morgan fingerprint density at radius 2 is 1.61 bits per heavy atom. The Bertz CT molecular complexity index is 1220. The highest BCUT2D eigenvalue weighted by molar-refractivity contribution is 9.10. The summed E-state index contributed by atoms with van der Waals surface area (Å²) in [5.74, 6) is 1.31. The number of aryl methyl sites for hydroxylation is 1. The van der Waals surface area contributed by atoms with Crippen LogP contribution < -0.4 is 5.43 Å². The van der Waals surface area contributed by atoms with Gasteiger partial charge in [-0.3, -0.25) is 5.43 Å². The normalized spacial score (nSPS) is 11.4. The van der Waals surface area contributed by atoms with Crippen LogP contribution in [0, 0.1) is 0 Å². The molecule has 1 heterocycles. The summed E-state index contributed by atoms with van der Waals surface area (Å²) in [6.07, 6.45) is 3.54. The van der Waals surface area contributed by atoms with Crippen molar-refractivity contribution in [3.05, 3.63) is 101 Å². The van der Waals surface area contributed by atoms with E-state index in [0.717, 1.165) is 39.0 Å². The Hall–Kier alpha value is -3.31. The zero-order chi connectivity index (χ0) is 23.0. The van der Waals surface area contributed by atoms with Gasteiger partial charge in [0.1, 0.15) is 0 Å². The lowest BCUT2D eigenvalue weighted by molar-refractivity contribution is 0.795. The molecule has 1 N–H and O–H groups in total. The molecule has 0 aliphatic rings. The van der Waals surface area contributed by atoms with E-state index in [0.29, 0.717) is 11.6 Å². The molecule has 5 heteroatoms. The predicted molar refractivity (Wildman–Crippen MR) is 141 cm³/mol. The van der Waals surface area contributed by atoms with Gasteiger partial charge in [-0.2, -0.15) is 5.10 Å². The summed E-state index contributed by atoms with van der Waals surface area (Å²) in [4.78, 5) is 9.54. The van der Waals surface area contributed by atoms with E-state index in [2.05, 4.69) is 57.6 Å². The predicted octanol–water partition coefficient (Wildman–Crippen LogP) is 7.75. The molecule has 0 radical (unpaired) electrons. The first-order chi connectivity index (χ1) is 16.1. The zero-order valence-electron chi connectivity index (χ0n) is 18.9. The molecule has 0 fully saturated rings. The van der Waals surface area contributed by atoms with E-state index >= 15 is 0 Å². The second-order valence-corrected chi connectivity index (χ2v) is 8.86. The standard InChI is InChI=1S/C28H27BrN4/c1-3-4-8-21-11-13-22(14-12-21)20(2)32-33-27-19-26(23-9-6-5-7-10-23)30-28(31-27)24-15-17-25(29)18-16-24/h5-7,9-19H,3-4,8H2,1-2H3,(H,30,31,33)/b32-20-. The van der Waals surface area contributed by atoms with E-state index < -0.39 is 0 Å². The molecule has 33 heavy (non-hydrogen) atoms. The lowest BCUT2D eigenvalue weighted by Gasteiger charge is -2.09. The lowest BCUT2D eigenvalue weighted by Crippen LogP contribution is -2.03. The first-order valence-electron chi connectivity index (χ1n) is 11.2. The third kappa shape index (κ3) is 6.14. The number of nitrogens with one attached hydrogen (secondary N) is 1. The van der Waals surface area contributed by atoms with Crippen LogP contribution in [-0.4, -0.2) is 15.7 Å². The summed E-state index contributed by atoms with van der Waals surface area (Å²) in [5.41, 5.74) is 9.34. The Labute approximate surface area is 204 Å². The van der Waals surface area contributed by atoms with Crippen molar-refractivity contribution in [1.82, 2.24) is 9.97 Å². The zero-order valence-corrected chi connectivity index (χ0v) is 20.5. The smallest absolute Gasteiger partial charge is 0.162 e. The number of halogens is 1. The van der Waals surface area contributed by atoms with Crippen molar-refractivity contribution in [2.75, 3.05) is 5.43 Å². The molecule has 0 amide bonds. The minimum Gasteiger partial charge on any atom is -0.261 e. The molecule has 166 valence electrons. The second-order valence-electron chi connectivity index (χ2n) is 7.94. The van der Waals surface area contributed by atoms with Crippen molar-refractivity contribution < 1.29 is 0 Å². The molecule has 0 aliphatic heterocycles. The topological polar surface area (TPSA) is 50.2 Å². The van der Waals surface area contributed by atoms with Gasteiger partial charge in [0.05, 0.1) is 11.4 Å². The van der Waals surface area contributed by atoms with Crippen LogP contribution in [-0.2, 0) is 6.42 Å². The number of unbranched alkanes of at least 4 members (excludes halogenated alkanes) is 1. The van der Waals surface area contributed by atoms with Crippen LogP contribution in [0.3, 0.4) is 0 Å². The van der Waals surface area contributed by atoms with E-state index in [-0.39, 0.29) is 0 Å². The molecule has 4 nitrogen and oxygen atoms in total. The summed E-state index contributed by atoms with van der Waals surface area (Å²) in [7, 11) is 0. The molecule has 3 aromatic carbocycles. The molecule has 0 bridgehead atoms. The molecule has 1 aromatic heterocycles. The summed E-state index contributed by atoms with van der Waals surface area (Å²) in [5, 5.41) is 4.61. The van der Waals surface area contributed by atoms with Gasteiger partial charge in [0.2, 0.25) is 0 Å². The van der Waals surface area contributed by atoms with E-state index in [9.17, 15) is 0 Å². The molecule has 0 saturated heterocycles. The first kappa shape index (κ1) is 22.9. The second kappa shape index (κ2) is 11.0. The van der Waals surface area contributed by atoms with Gasteiger partial charge in [-0.25, -0.2) is 9.97 Å². The third-order valence-corrected chi connectivity index (χ3v) is 5.96. The van der Waals surface area contributed by atoms with Crippen molar-refractivity contribution >= 4 is 27.5 Å². The quantitative estimate of drug-likeness (QED) is 0.199. The number of hydrogen-bond donors (Lipinski definition) is 1. The van der Waals surface area contributed by atoms with Crippen LogP contribution >= 0.6 is 15.9 Å². The molecular formula is C28H27BrN4. The number of hydrazone groups is 1. The number of benzene rings is 3. The average Bonchev–Trinajstić information content (AvgIpc) is 2.87. The number of hydrogen-bond acceptors (Lipinski definition) is 4. The number of aromatic nitrogens is 2. The molecule has 0 saturated carbocycles. The Balaban J connectivity index is 1.62. The van der Waals surface area contributed by atoms with Crippen molar-refractivity contribution in [3.63, 3.8) is 0 Å². The highest BCUT2D eigenvalue weighted by Gasteiger charge is 2.09. The summed E-state index contributed by atoms with van der Waals surface area (Å²) < 4.78 is 1.02. The van der Waals surface area contributed by atoms with Crippen molar-refractivity contribution in [3.8, 4) is 22.6 Å². The fourth-order valence-electron chi connectivity index (χ4n) is 3.49. The number of nitrogens with zero attached hydrogens (tertiary/aromatic N) is 3. The van der Waals surface area contributed by atoms with Gasteiger partial charge < -0.3 is 0 Å². The monoisotopic (exact) mass is 498 g/mol. The maximum absolute atomic E-state index is 4.81. The highest BCUT2D eigenvalue weighted by atomic mass is 79.9. The van der Waals surface area contributed by atoms with Gasteiger partial charge in [-0.1, -0.05) is 96.0 Å². The van der Waals surface area contributed by atoms with Crippen LogP contribution in [0.25, 0.3) is 22.6 Å². The van der Waals surface area contributed by atoms with Crippen molar-refractivity contribution in [2.45, 2.75) is 33.1 Å². The molecule has 0 unspecified atom stereocenters. The van der Waals surface area contributed by atoms with Crippen LogP contribution in [0.5, 0.6) is 0 Å². The van der Waals surface area contributed by atoms with Crippen molar-refractivity contribution in [2.24, 2.45) is 5.10 Å². The number of rotatable bonds is 8. The van der Waals surface area contributed by atoms with Crippen LogP contribution in [0.2, 0.25) is 0 Å². The van der Waals surface area contributed by atoms with E-state index in [1.54, 1.807) is 0 Å². The maximum Gasteiger partial charge on any atom is 0.162 e. The molecule has 0 spiro atoms. The van der Waals surface area contributed by atoms with E-state index in [1.165, 1.54) is 18.4 Å². The first-order valence-corrected chi connectivity index (χ1v) is 12.0. The van der Waals surface area contributed by atoms with Crippen molar-refractivity contribution in [1.29, 1.82) is 0 Å². The van der Waals surface area contributed by atoms with Gasteiger partial charge in [0.15, 0.2) is 11.6 Å². The van der Waals surface area contributed by atoms with Gasteiger partial charge in [-0.15, -0.1) is 0 Å². The lowest BCUT2D eigenvalue weighted by atomic mass is 10.0. The minimum atomic E-state index is 0.652. The maximum atomic E-state index is 4.81. The largest absolute Gasteiger partial charge is 0.261 e. The van der Waals surface area contributed by atoms with Gasteiger partial charge in [0.25, 0.3) is 0 Å². The van der Waals surface area contributed by atoms with Gasteiger partial charge >= 0.3 is 0 Å². The Morgan fingerprint density at radius 3 is 2.30 bits per heavy atom. The number of anilines is 1. The summed E-state index contributed by atoms with van der Waals surface area (Å²) in [6.45, 7) is 4.22. The summed E-state index contributed by atoms with van der Waals surface area (Å²) in [6, 6.07) is 28.7. The van der Waals surface area contributed by atoms with Crippen LogP contribution in [0.1, 0.15) is 37.8 Å². The SMILES string of the molecule is CCCCc1ccc(/C(C)=N\Nc2cc(-c3ccccc3)nc(-c3ccc(Br)cc3)n2)cc1. The van der Waals surface area contributed by atoms with Gasteiger partial charge in [-0.05, 0) is 43.0 Å². The van der Waals surface area contributed by atoms with Crippen LogP contribution in [0.4, 0.5) is 5.82 Å². The molecule has 4 aromatic rings. The molecule has 0 atom stereocenters. The average molecular weight is 499 g/mol. The molecule has 0 aliphatic carbocycles. The third-order valence-electron chi connectivity index (χ3n) is 5.43. The van der Waals surface area contributed by atoms with E-state index in [4.69, 9.17) is 9.97 Å². The highest BCUT2D eigenvalue weighted by Crippen LogP contribution is 2.25. The fraction of sp³-hybridized carbons (Fsp3) is 0.179. The fourth-order valence-corrected chi connectivity index (χ4v) is 3.75. The Morgan fingerprint density at radius 1 is 0.879 bits per heavy atom. The van der Waals surface area contributed by atoms with Crippen LogP contribution in [0.15, 0.2) is 94.5 Å². The Kier molecular flexibility index (Phi) is 7.63. The molecular weight excluding hydrogens is 472 g/mol. The molecule has 4 rings (SSSR count). The van der Waals surface area contributed by atoms with Gasteiger partial charge in [0, 0.05) is 21.7 Å².